The summed E-state index contributed by atoms with van der Waals surface area (Å²) < 4.78 is 31.0. The minimum Gasteiger partial charge on any atom is -0.486 e. The summed E-state index contributed by atoms with van der Waals surface area (Å²) in [6.07, 6.45) is 3.18. The number of anilines is 1. The number of carbonyl (C=O) groups excluding carboxylic acids is 1. The van der Waals surface area contributed by atoms with E-state index in [1.807, 2.05) is 0 Å². The molecule has 1 aromatic carbocycles. The molecule has 21 heavy (non-hydrogen) atoms. The van der Waals surface area contributed by atoms with Crippen molar-refractivity contribution in [3.8, 4) is 5.75 Å². The number of benzene rings is 1. The summed E-state index contributed by atoms with van der Waals surface area (Å²) in [6, 6.07) is 4.86. The van der Waals surface area contributed by atoms with Gasteiger partial charge < -0.3 is 10.1 Å². The average Bonchev–Trinajstić information content (AvgIpc) is 2.39. The van der Waals surface area contributed by atoms with Crippen molar-refractivity contribution in [1.82, 2.24) is 0 Å². The molecular formula is C14H19N2O4S+. The van der Waals surface area contributed by atoms with E-state index >= 15 is 0 Å². The number of nitrogens with one attached hydrogen (secondary N) is 1. The molecule has 0 unspecified atom stereocenters. The normalized spacial score (nSPS) is 20.7. The molecular weight excluding hydrogens is 292 g/mol. The Morgan fingerprint density at radius 3 is 2.67 bits per heavy atom. The van der Waals surface area contributed by atoms with Gasteiger partial charge >= 0.3 is 0 Å². The van der Waals surface area contributed by atoms with Crippen LogP contribution in [0.1, 0.15) is 29.6 Å². The van der Waals surface area contributed by atoms with Crippen LogP contribution in [0, 0.1) is 0 Å². The Kier molecular flexibility index (Phi) is 3.41. The summed E-state index contributed by atoms with van der Waals surface area (Å²) in [5, 5.41) is 2.23. The Bertz CT molecular complexity index is 678. The molecule has 1 aromatic rings. The second-order valence-corrected chi connectivity index (χ2v) is 7.58. The molecule has 0 radical (unpaired) electrons. The zero-order valence-electron chi connectivity index (χ0n) is 11.9. The fourth-order valence-electron chi connectivity index (χ4n) is 3.05. The van der Waals surface area contributed by atoms with Crippen molar-refractivity contribution >= 4 is 21.5 Å². The number of Topliss-reactive ketones (excluding diaryl/α,β-unsaturated/α-hetero) is 1. The Morgan fingerprint density at radius 1 is 1.29 bits per heavy atom. The van der Waals surface area contributed by atoms with E-state index in [1.165, 1.54) is 0 Å². The number of quaternary nitrogens is 1. The molecule has 0 aliphatic carbocycles. The minimum atomic E-state index is -3.35. The van der Waals surface area contributed by atoms with Gasteiger partial charge in [-0.15, -0.1) is 0 Å². The van der Waals surface area contributed by atoms with Crippen LogP contribution in [0.25, 0.3) is 0 Å². The molecule has 0 aromatic heterocycles. The molecule has 6 nitrogen and oxygen atoms in total. The van der Waals surface area contributed by atoms with Crippen LogP contribution in [0.2, 0.25) is 0 Å². The number of ketones is 1. The SMILES string of the molecule is CS(=O)(=O)Nc1ccc2c(c1)C(=O)CC1(CC[NH2+]CC1)O2. The first-order valence-electron chi connectivity index (χ1n) is 7.03. The second kappa shape index (κ2) is 4.99. The molecule has 2 heterocycles. The molecule has 114 valence electrons. The molecule has 1 spiro atoms. The molecule has 3 N–H and O–H groups in total. The third-order valence-electron chi connectivity index (χ3n) is 4.00. The van der Waals surface area contributed by atoms with E-state index in [0.29, 0.717) is 23.4 Å². The molecule has 0 atom stereocenters. The van der Waals surface area contributed by atoms with E-state index in [1.54, 1.807) is 18.2 Å². The summed E-state index contributed by atoms with van der Waals surface area (Å²) in [5.41, 5.74) is 0.481. The molecule has 2 aliphatic rings. The molecule has 0 saturated carbocycles. The van der Waals surface area contributed by atoms with Gasteiger partial charge in [-0.2, -0.15) is 0 Å². The van der Waals surface area contributed by atoms with Gasteiger partial charge in [-0.25, -0.2) is 8.42 Å². The average molecular weight is 311 g/mol. The summed E-state index contributed by atoms with van der Waals surface area (Å²) >= 11 is 0. The fraction of sp³-hybridized carbons (Fsp3) is 0.500. The molecule has 2 aliphatic heterocycles. The van der Waals surface area contributed by atoms with Crippen molar-refractivity contribution in [3.63, 3.8) is 0 Å². The van der Waals surface area contributed by atoms with Gasteiger partial charge in [0.15, 0.2) is 5.78 Å². The summed E-state index contributed by atoms with van der Waals surface area (Å²) in [4.78, 5) is 12.4. The number of fused-ring (bicyclic) bond motifs is 1. The van der Waals surface area contributed by atoms with E-state index in [0.717, 1.165) is 32.2 Å². The largest absolute Gasteiger partial charge is 0.486 e. The quantitative estimate of drug-likeness (QED) is 0.812. The maximum Gasteiger partial charge on any atom is 0.229 e. The van der Waals surface area contributed by atoms with Gasteiger partial charge in [0.25, 0.3) is 0 Å². The van der Waals surface area contributed by atoms with Gasteiger partial charge in [-0.05, 0) is 18.2 Å². The lowest BCUT2D eigenvalue weighted by molar-refractivity contribution is -0.667. The Hall–Kier alpha value is -1.60. The predicted octanol–water partition coefficient (Wildman–Crippen LogP) is 0.119. The highest BCUT2D eigenvalue weighted by Gasteiger charge is 2.42. The molecule has 1 saturated heterocycles. The maximum atomic E-state index is 12.4. The van der Waals surface area contributed by atoms with Crippen molar-refractivity contribution in [2.75, 3.05) is 24.1 Å². The summed E-state index contributed by atoms with van der Waals surface area (Å²) in [7, 11) is -3.35. The predicted molar refractivity (Wildman–Crippen MR) is 78.1 cm³/mol. The Morgan fingerprint density at radius 2 is 2.00 bits per heavy atom. The van der Waals surface area contributed by atoms with Gasteiger partial charge in [0.1, 0.15) is 11.4 Å². The lowest BCUT2D eigenvalue weighted by atomic mass is 9.83. The zero-order valence-corrected chi connectivity index (χ0v) is 12.7. The van der Waals surface area contributed by atoms with Crippen LogP contribution in [0.15, 0.2) is 18.2 Å². The maximum absolute atomic E-state index is 12.4. The minimum absolute atomic E-state index is 0.0234. The van der Waals surface area contributed by atoms with Crippen LogP contribution < -0.4 is 14.8 Å². The molecule has 0 amide bonds. The van der Waals surface area contributed by atoms with Crippen molar-refractivity contribution < 1.29 is 23.3 Å². The Labute approximate surface area is 123 Å². The number of rotatable bonds is 2. The van der Waals surface area contributed by atoms with E-state index in [9.17, 15) is 13.2 Å². The highest BCUT2D eigenvalue weighted by molar-refractivity contribution is 7.92. The van der Waals surface area contributed by atoms with Crippen LogP contribution in [0.5, 0.6) is 5.75 Å². The summed E-state index contributed by atoms with van der Waals surface area (Å²) in [6.45, 7) is 1.94. The van der Waals surface area contributed by atoms with Gasteiger partial charge in [-0.1, -0.05) is 0 Å². The lowest BCUT2D eigenvalue weighted by Gasteiger charge is -2.39. The van der Waals surface area contributed by atoms with E-state index in [-0.39, 0.29) is 11.4 Å². The van der Waals surface area contributed by atoms with Crippen LogP contribution in [-0.4, -0.2) is 39.1 Å². The first-order chi connectivity index (χ1) is 9.87. The fourth-order valence-corrected chi connectivity index (χ4v) is 3.61. The first-order valence-corrected chi connectivity index (χ1v) is 8.92. The summed E-state index contributed by atoms with van der Waals surface area (Å²) in [5.74, 6) is 0.586. The highest BCUT2D eigenvalue weighted by Crippen LogP contribution is 2.38. The lowest BCUT2D eigenvalue weighted by Crippen LogP contribution is -2.88. The van der Waals surface area contributed by atoms with Crippen LogP contribution in [0.3, 0.4) is 0 Å². The van der Waals surface area contributed by atoms with E-state index in [2.05, 4.69) is 10.0 Å². The molecule has 1 fully saturated rings. The number of carbonyl (C=O) groups is 1. The highest BCUT2D eigenvalue weighted by atomic mass is 32.2. The smallest absolute Gasteiger partial charge is 0.229 e. The van der Waals surface area contributed by atoms with Gasteiger partial charge in [0.05, 0.1) is 31.3 Å². The monoisotopic (exact) mass is 311 g/mol. The van der Waals surface area contributed by atoms with E-state index in [4.69, 9.17) is 4.74 Å². The van der Waals surface area contributed by atoms with Gasteiger partial charge in [0, 0.05) is 18.5 Å². The number of nitrogens with two attached hydrogens (primary N) is 1. The molecule has 7 heteroatoms. The topological polar surface area (TPSA) is 89.1 Å². The van der Waals surface area contributed by atoms with E-state index < -0.39 is 10.0 Å². The molecule has 0 bridgehead atoms. The van der Waals surface area contributed by atoms with Crippen molar-refractivity contribution in [2.24, 2.45) is 0 Å². The first kappa shape index (κ1) is 14.3. The number of hydrogen-bond acceptors (Lipinski definition) is 4. The number of ether oxygens (including phenoxy) is 1. The van der Waals surface area contributed by atoms with Crippen molar-refractivity contribution in [2.45, 2.75) is 24.9 Å². The standard InChI is InChI=1S/C14H18N2O4S/c1-21(18,19)16-10-2-3-13-11(8-10)12(17)9-14(20-13)4-6-15-7-5-14/h2-3,8,15-16H,4-7,9H2,1H3/p+1. The second-order valence-electron chi connectivity index (χ2n) is 5.84. The van der Waals surface area contributed by atoms with Gasteiger partial charge in [-0.3, -0.25) is 9.52 Å². The van der Waals surface area contributed by atoms with Gasteiger partial charge in [0.2, 0.25) is 10.0 Å². The number of sulfonamides is 1. The van der Waals surface area contributed by atoms with Crippen LogP contribution in [0.4, 0.5) is 5.69 Å². The third kappa shape index (κ3) is 3.03. The van der Waals surface area contributed by atoms with Crippen LogP contribution >= 0.6 is 0 Å². The van der Waals surface area contributed by atoms with Crippen molar-refractivity contribution in [1.29, 1.82) is 0 Å². The third-order valence-corrected chi connectivity index (χ3v) is 4.61. The Balaban J connectivity index is 1.91. The van der Waals surface area contributed by atoms with Crippen molar-refractivity contribution in [3.05, 3.63) is 23.8 Å². The molecule has 3 rings (SSSR count). The number of hydrogen-bond donors (Lipinski definition) is 2. The zero-order chi connectivity index (χ0) is 15.1. The number of piperidine rings is 1. The van der Waals surface area contributed by atoms with Crippen LogP contribution in [-0.2, 0) is 10.0 Å².